The highest BCUT2D eigenvalue weighted by Gasteiger charge is 2.42. The molecule has 0 aromatic carbocycles. The SMILES string of the molecule is CC(C)(C)OCC1(C)C=C2/C=C3/CC(C)(C)C(=N3)/C=C3/CC(C)(COC(C)(C)C)C(=CC4=N/C(=C\C1=N2)C(C)(C)C4)N3. The van der Waals surface area contributed by atoms with E-state index in [2.05, 4.69) is 119 Å². The van der Waals surface area contributed by atoms with Crippen molar-refractivity contribution in [1.82, 2.24) is 5.32 Å². The number of allylic oxidation sites excluding steroid dienone is 7. The lowest BCUT2D eigenvalue weighted by Crippen LogP contribution is -2.33. The van der Waals surface area contributed by atoms with Crippen molar-refractivity contribution in [2.24, 2.45) is 36.6 Å². The van der Waals surface area contributed by atoms with Gasteiger partial charge in [0.1, 0.15) is 0 Å². The molecule has 5 rings (SSSR count). The smallest absolute Gasteiger partial charge is 0.0621 e. The van der Waals surface area contributed by atoms with Crippen LogP contribution in [0.25, 0.3) is 0 Å². The zero-order valence-corrected chi connectivity index (χ0v) is 28.1. The van der Waals surface area contributed by atoms with Crippen LogP contribution in [-0.4, -0.2) is 41.6 Å². The number of ether oxygens (including phenoxy) is 2. The van der Waals surface area contributed by atoms with E-state index < -0.39 is 0 Å². The van der Waals surface area contributed by atoms with Crippen molar-refractivity contribution in [3.8, 4) is 0 Å². The van der Waals surface area contributed by atoms with E-state index in [4.69, 9.17) is 24.5 Å². The van der Waals surface area contributed by atoms with E-state index in [-0.39, 0.29) is 32.9 Å². The second kappa shape index (κ2) is 9.99. The van der Waals surface area contributed by atoms with Gasteiger partial charge in [0.05, 0.1) is 41.2 Å². The largest absolute Gasteiger partial charge is 0.375 e. The van der Waals surface area contributed by atoms with Crippen LogP contribution in [-0.2, 0) is 9.47 Å². The summed E-state index contributed by atoms with van der Waals surface area (Å²) < 4.78 is 12.7. The van der Waals surface area contributed by atoms with Crippen LogP contribution in [0.5, 0.6) is 0 Å². The van der Waals surface area contributed by atoms with Crippen LogP contribution in [0, 0.1) is 21.7 Å². The van der Waals surface area contributed by atoms with Gasteiger partial charge in [-0.25, -0.2) is 0 Å². The minimum Gasteiger partial charge on any atom is -0.375 e. The van der Waals surface area contributed by atoms with Crippen molar-refractivity contribution in [2.45, 2.75) is 114 Å². The standard InChI is InChI=1S/C36H52N4O2/c1-31(2,3)41-21-35(11)20-26-14-27-33(7,8)17-23(37-27)13-24-19-36(12,22-42-32(4,5)6)30(39-24)16-28-34(9,10)18-25(38-28)15-29(35)40-26/h13-16,19,40H,17-18,20-22H2,1-12H3/b23-13-,26-14-,28-16-,29-15?. The molecule has 42 heavy (non-hydrogen) atoms. The Kier molecular flexibility index (Phi) is 7.34. The number of hydrogen-bond acceptors (Lipinski definition) is 6. The van der Waals surface area contributed by atoms with Crippen molar-refractivity contribution in [3.63, 3.8) is 0 Å². The molecule has 5 heterocycles. The molecular formula is C36H52N4O2. The lowest BCUT2D eigenvalue weighted by atomic mass is 9.81. The van der Waals surface area contributed by atoms with Crippen LogP contribution < -0.4 is 5.32 Å². The third-order valence-corrected chi connectivity index (χ3v) is 8.83. The molecule has 0 saturated carbocycles. The van der Waals surface area contributed by atoms with Gasteiger partial charge < -0.3 is 14.8 Å². The Morgan fingerprint density at radius 3 is 2.05 bits per heavy atom. The summed E-state index contributed by atoms with van der Waals surface area (Å²) in [7, 11) is 0. The van der Waals surface area contributed by atoms with E-state index in [9.17, 15) is 0 Å². The Balaban J connectivity index is 1.65. The Morgan fingerprint density at radius 1 is 0.714 bits per heavy atom. The predicted octanol–water partition coefficient (Wildman–Crippen LogP) is 8.25. The van der Waals surface area contributed by atoms with Gasteiger partial charge in [-0.05, 0) is 78.8 Å². The molecule has 228 valence electrons. The summed E-state index contributed by atoms with van der Waals surface area (Å²) in [5.41, 5.74) is 7.43. The Hall–Kier alpha value is -2.57. The molecule has 1 fully saturated rings. The second-order valence-electron chi connectivity index (χ2n) is 16.8. The van der Waals surface area contributed by atoms with Gasteiger partial charge in [0.25, 0.3) is 0 Å². The fourth-order valence-electron chi connectivity index (χ4n) is 6.17. The molecule has 1 N–H and O–H groups in total. The van der Waals surface area contributed by atoms with Gasteiger partial charge in [-0.1, -0.05) is 34.6 Å². The van der Waals surface area contributed by atoms with E-state index in [0.717, 1.165) is 53.5 Å². The van der Waals surface area contributed by atoms with Gasteiger partial charge in [-0.15, -0.1) is 0 Å². The molecule has 6 heteroatoms. The first-order chi connectivity index (χ1) is 19.1. The number of hydrogen-bond donors (Lipinski definition) is 1. The second-order valence-corrected chi connectivity index (χ2v) is 16.8. The fraction of sp³-hybridized carbons (Fsp3) is 0.639. The molecule has 2 atom stereocenters. The van der Waals surface area contributed by atoms with E-state index >= 15 is 0 Å². The van der Waals surface area contributed by atoms with Crippen molar-refractivity contribution in [1.29, 1.82) is 0 Å². The molecular weight excluding hydrogens is 520 g/mol. The zero-order valence-electron chi connectivity index (χ0n) is 28.1. The molecule has 5 aliphatic heterocycles. The third kappa shape index (κ3) is 6.50. The average Bonchev–Trinajstić information content (AvgIpc) is 3.47. The molecule has 1 saturated heterocycles. The predicted molar refractivity (Wildman–Crippen MR) is 175 cm³/mol. The highest BCUT2D eigenvalue weighted by atomic mass is 16.5. The summed E-state index contributed by atoms with van der Waals surface area (Å²) in [6.07, 6.45) is 13.8. The topological polar surface area (TPSA) is 67.6 Å². The van der Waals surface area contributed by atoms with Crippen LogP contribution in [0.4, 0.5) is 0 Å². The molecule has 0 spiro atoms. The van der Waals surface area contributed by atoms with Gasteiger partial charge >= 0.3 is 0 Å². The van der Waals surface area contributed by atoms with Gasteiger partial charge in [0.15, 0.2) is 0 Å². The molecule has 0 aliphatic carbocycles. The summed E-state index contributed by atoms with van der Waals surface area (Å²) in [6.45, 7) is 27.5. The monoisotopic (exact) mass is 572 g/mol. The molecule has 2 unspecified atom stereocenters. The Bertz CT molecular complexity index is 1410. The van der Waals surface area contributed by atoms with Crippen LogP contribution >= 0.6 is 0 Å². The van der Waals surface area contributed by atoms with E-state index in [1.54, 1.807) is 0 Å². The van der Waals surface area contributed by atoms with E-state index in [1.807, 2.05) is 0 Å². The van der Waals surface area contributed by atoms with Gasteiger partial charge in [0, 0.05) is 69.7 Å². The average molecular weight is 573 g/mol. The summed E-state index contributed by atoms with van der Waals surface area (Å²) >= 11 is 0. The van der Waals surface area contributed by atoms with Gasteiger partial charge in [-0.3, -0.25) is 15.0 Å². The molecule has 0 radical (unpaired) electrons. The number of nitrogens with zero attached hydrogens (tertiary/aromatic N) is 3. The molecule has 6 nitrogen and oxygen atoms in total. The summed E-state index contributed by atoms with van der Waals surface area (Å²) in [5, 5.41) is 3.79. The highest BCUT2D eigenvalue weighted by molar-refractivity contribution is 6.06. The Morgan fingerprint density at radius 2 is 1.38 bits per heavy atom. The van der Waals surface area contributed by atoms with Crippen LogP contribution in [0.15, 0.2) is 73.8 Å². The lowest BCUT2D eigenvalue weighted by molar-refractivity contribution is -0.0360. The van der Waals surface area contributed by atoms with Gasteiger partial charge in [-0.2, -0.15) is 0 Å². The molecule has 5 aliphatic rings. The van der Waals surface area contributed by atoms with Gasteiger partial charge in [0.2, 0.25) is 0 Å². The molecule has 0 aromatic heterocycles. The number of fused-ring (bicyclic) bond motifs is 5. The first-order valence-electron chi connectivity index (χ1n) is 15.5. The first kappa shape index (κ1) is 30.9. The van der Waals surface area contributed by atoms with E-state index in [1.165, 1.54) is 11.4 Å². The number of rotatable bonds is 4. The van der Waals surface area contributed by atoms with Crippen molar-refractivity contribution in [3.05, 3.63) is 58.9 Å². The van der Waals surface area contributed by atoms with Crippen molar-refractivity contribution >= 4 is 17.1 Å². The highest BCUT2D eigenvalue weighted by Crippen LogP contribution is 2.45. The third-order valence-electron chi connectivity index (χ3n) is 8.83. The summed E-state index contributed by atoms with van der Waals surface area (Å²) in [5.74, 6) is 0. The van der Waals surface area contributed by atoms with E-state index in [0.29, 0.717) is 13.2 Å². The maximum absolute atomic E-state index is 6.38. The summed E-state index contributed by atoms with van der Waals surface area (Å²) in [6, 6.07) is 0. The van der Waals surface area contributed by atoms with Crippen molar-refractivity contribution < 1.29 is 9.47 Å². The fourth-order valence-corrected chi connectivity index (χ4v) is 6.17. The number of nitrogens with one attached hydrogen (secondary N) is 1. The molecule has 0 amide bonds. The van der Waals surface area contributed by atoms with Crippen LogP contribution in [0.1, 0.15) is 102 Å². The number of aliphatic imine (C=N–C) groups is 3. The lowest BCUT2D eigenvalue weighted by Gasteiger charge is -2.29. The molecule has 8 bridgehead atoms. The maximum Gasteiger partial charge on any atom is 0.0621 e. The minimum absolute atomic E-state index is 0.0707. The van der Waals surface area contributed by atoms with Crippen LogP contribution in [0.2, 0.25) is 0 Å². The zero-order chi connectivity index (χ0) is 30.9. The minimum atomic E-state index is -0.362. The quantitative estimate of drug-likeness (QED) is 0.369. The van der Waals surface area contributed by atoms with Crippen molar-refractivity contribution in [2.75, 3.05) is 13.2 Å². The normalized spacial score (nSPS) is 33.7. The molecule has 0 aromatic rings. The Labute approximate surface area is 253 Å². The maximum atomic E-state index is 6.38. The first-order valence-corrected chi connectivity index (χ1v) is 15.5. The summed E-state index contributed by atoms with van der Waals surface area (Å²) in [4.78, 5) is 15.6. The van der Waals surface area contributed by atoms with Crippen LogP contribution in [0.3, 0.4) is 0 Å².